The number of amides is 2. The molecule has 0 aliphatic carbocycles. The van der Waals surface area contributed by atoms with Crippen molar-refractivity contribution in [2.75, 3.05) is 0 Å². The van der Waals surface area contributed by atoms with Crippen molar-refractivity contribution >= 4 is 23.3 Å². The average molecular weight is 423 g/mol. The number of benzene rings is 3. The number of nitrogens with one attached hydrogen (secondary N) is 1. The summed E-state index contributed by atoms with van der Waals surface area (Å²) in [6.07, 6.45) is 0. The lowest BCUT2D eigenvalue weighted by Gasteiger charge is -2.19. The van der Waals surface area contributed by atoms with Gasteiger partial charge < -0.3 is 0 Å². The van der Waals surface area contributed by atoms with Crippen LogP contribution in [0.5, 0.6) is 0 Å². The van der Waals surface area contributed by atoms with Crippen LogP contribution in [0.25, 0.3) is 0 Å². The van der Waals surface area contributed by atoms with Crippen LogP contribution < -0.4 is 5.43 Å². The fraction of sp³-hybridized carbons (Fsp3) is 0.154. The first-order chi connectivity index (χ1) is 15.6. The van der Waals surface area contributed by atoms with E-state index in [1.807, 2.05) is 91.0 Å². The van der Waals surface area contributed by atoms with Crippen molar-refractivity contribution in [1.29, 1.82) is 0 Å². The van der Waals surface area contributed by atoms with Crippen LogP contribution in [0.4, 0.5) is 0 Å². The summed E-state index contributed by atoms with van der Waals surface area (Å²) < 4.78 is 0. The molecule has 0 radical (unpaired) electrons. The molecule has 1 N–H and O–H groups in total. The molecule has 6 nitrogen and oxygen atoms in total. The molecule has 3 aromatic rings. The van der Waals surface area contributed by atoms with Crippen LogP contribution in [0, 0.1) is 5.92 Å². The topological polar surface area (TPSA) is 78.8 Å². The van der Waals surface area contributed by atoms with E-state index in [0.29, 0.717) is 0 Å². The molecule has 2 aliphatic heterocycles. The number of hydrazone groups is 1. The van der Waals surface area contributed by atoms with E-state index in [1.54, 1.807) is 0 Å². The van der Waals surface area contributed by atoms with Gasteiger partial charge in [0, 0.05) is 0 Å². The molecule has 0 bridgehead atoms. The summed E-state index contributed by atoms with van der Waals surface area (Å²) in [6, 6.07) is 27.3. The summed E-state index contributed by atoms with van der Waals surface area (Å²) in [5.41, 5.74) is 5.35. The van der Waals surface area contributed by atoms with Gasteiger partial charge in [0.15, 0.2) is 5.78 Å². The first kappa shape index (κ1) is 19.9. The predicted molar refractivity (Wildman–Crippen MR) is 120 cm³/mol. The van der Waals surface area contributed by atoms with E-state index < -0.39 is 17.9 Å². The minimum atomic E-state index is -0.909. The molecule has 1 fully saturated rings. The van der Waals surface area contributed by atoms with E-state index in [-0.39, 0.29) is 29.9 Å². The number of nitrogens with zero attached hydrogens (tertiary/aromatic N) is 2. The minimum absolute atomic E-state index is 0.113. The summed E-state index contributed by atoms with van der Waals surface area (Å²) in [6.45, 7) is 0.176. The number of hydrogen-bond acceptors (Lipinski definition) is 5. The molecule has 158 valence electrons. The van der Waals surface area contributed by atoms with Gasteiger partial charge >= 0.3 is 0 Å². The third kappa shape index (κ3) is 3.39. The fourth-order valence-electron chi connectivity index (χ4n) is 4.41. The Hall–Kier alpha value is -4.06. The number of Topliss-reactive ketones (excluding diaryl/α,β-unsaturated/α-hetero) is 1. The van der Waals surface area contributed by atoms with E-state index in [4.69, 9.17) is 0 Å². The number of hydrogen-bond donors (Lipinski definition) is 1. The van der Waals surface area contributed by atoms with Crippen molar-refractivity contribution in [3.05, 3.63) is 108 Å². The lowest BCUT2D eigenvalue weighted by molar-refractivity contribution is -0.140. The standard InChI is InChI=1S/C26H21N3O3/c30-24(20(18-12-6-2-7-13-18)19-14-8-3-9-15-19)22-21-23(28-27-22)26(32)29(25(21)31)16-17-10-4-1-5-11-17/h1-15,20-21,23,28H,16H2/t21-,23-/m0/s1. The Morgan fingerprint density at radius 3 is 1.91 bits per heavy atom. The molecule has 0 unspecified atom stereocenters. The van der Waals surface area contributed by atoms with Gasteiger partial charge in [-0.15, -0.1) is 0 Å². The number of ketones is 1. The van der Waals surface area contributed by atoms with Crippen LogP contribution in [-0.2, 0) is 20.9 Å². The monoisotopic (exact) mass is 423 g/mol. The number of rotatable bonds is 6. The lowest BCUT2D eigenvalue weighted by Crippen LogP contribution is -2.36. The molecule has 3 aromatic carbocycles. The number of fused-ring (bicyclic) bond motifs is 1. The van der Waals surface area contributed by atoms with Crippen molar-refractivity contribution in [2.24, 2.45) is 11.0 Å². The zero-order chi connectivity index (χ0) is 22.1. The highest BCUT2D eigenvalue weighted by molar-refractivity contribution is 6.48. The van der Waals surface area contributed by atoms with Gasteiger partial charge in [0.05, 0.1) is 12.5 Å². The van der Waals surface area contributed by atoms with Gasteiger partial charge in [-0.25, -0.2) is 0 Å². The SMILES string of the molecule is O=C(C1=NN[C@@H]2C(=O)N(Cc3ccccc3)C(=O)[C@@H]12)C(c1ccccc1)c1ccccc1. The largest absolute Gasteiger partial charge is 0.296 e. The summed E-state index contributed by atoms with van der Waals surface area (Å²) in [4.78, 5) is 41.2. The molecule has 0 spiro atoms. The number of carbonyl (C=O) groups excluding carboxylic acids is 3. The molecule has 0 saturated carbocycles. The smallest absolute Gasteiger partial charge is 0.254 e. The molecule has 1 saturated heterocycles. The Morgan fingerprint density at radius 1 is 0.812 bits per heavy atom. The number of carbonyl (C=O) groups is 3. The second-order valence-corrected chi connectivity index (χ2v) is 7.95. The molecule has 0 aromatic heterocycles. The minimum Gasteiger partial charge on any atom is -0.296 e. The zero-order valence-electron chi connectivity index (χ0n) is 17.2. The van der Waals surface area contributed by atoms with Crippen molar-refractivity contribution in [1.82, 2.24) is 10.3 Å². The summed E-state index contributed by atoms with van der Waals surface area (Å²) in [7, 11) is 0. The summed E-state index contributed by atoms with van der Waals surface area (Å²) in [5, 5.41) is 4.18. The van der Waals surface area contributed by atoms with Crippen molar-refractivity contribution in [2.45, 2.75) is 18.5 Å². The Kier molecular flexibility index (Phi) is 5.11. The van der Waals surface area contributed by atoms with E-state index >= 15 is 0 Å². The van der Waals surface area contributed by atoms with Crippen LogP contribution >= 0.6 is 0 Å². The van der Waals surface area contributed by atoms with Gasteiger partial charge in [0.25, 0.3) is 5.91 Å². The molecule has 2 amide bonds. The molecular formula is C26H21N3O3. The van der Waals surface area contributed by atoms with Crippen LogP contribution in [-0.4, -0.2) is 34.3 Å². The van der Waals surface area contributed by atoms with Crippen molar-refractivity contribution in [3.8, 4) is 0 Å². The molecule has 5 rings (SSSR count). The molecule has 2 atom stereocenters. The number of imide groups is 1. The normalized spacial score (nSPS) is 19.7. The highest BCUT2D eigenvalue weighted by atomic mass is 16.2. The van der Waals surface area contributed by atoms with Gasteiger partial charge in [-0.05, 0) is 16.7 Å². The fourth-order valence-corrected chi connectivity index (χ4v) is 4.41. The van der Waals surface area contributed by atoms with E-state index in [0.717, 1.165) is 16.7 Å². The maximum atomic E-state index is 13.8. The van der Waals surface area contributed by atoms with Crippen LogP contribution in [0.1, 0.15) is 22.6 Å². The Bertz CT molecular complexity index is 1150. The highest BCUT2D eigenvalue weighted by Gasteiger charge is 2.55. The van der Waals surface area contributed by atoms with Crippen molar-refractivity contribution in [3.63, 3.8) is 0 Å². The maximum absolute atomic E-state index is 13.8. The second-order valence-electron chi connectivity index (χ2n) is 7.95. The van der Waals surface area contributed by atoms with Gasteiger partial charge in [-0.1, -0.05) is 91.0 Å². The van der Waals surface area contributed by atoms with Crippen LogP contribution in [0.3, 0.4) is 0 Å². The molecule has 2 heterocycles. The Morgan fingerprint density at radius 2 is 1.34 bits per heavy atom. The summed E-state index contributed by atoms with van der Waals surface area (Å²) in [5.74, 6) is -2.53. The zero-order valence-corrected chi connectivity index (χ0v) is 17.2. The first-order valence-electron chi connectivity index (χ1n) is 10.5. The third-order valence-electron chi connectivity index (χ3n) is 5.98. The van der Waals surface area contributed by atoms with E-state index in [2.05, 4.69) is 10.5 Å². The van der Waals surface area contributed by atoms with Gasteiger partial charge in [0.2, 0.25) is 5.91 Å². The van der Waals surface area contributed by atoms with E-state index in [9.17, 15) is 14.4 Å². The maximum Gasteiger partial charge on any atom is 0.254 e. The predicted octanol–water partition coefficient (Wildman–Crippen LogP) is 2.90. The molecule has 6 heteroatoms. The van der Waals surface area contributed by atoms with Crippen LogP contribution in [0.2, 0.25) is 0 Å². The molecular weight excluding hydrogens is 402 g/mol. The van der Waals surface area contributed by atoms with Gasteiger partial charge in [0.1, 0.15) is 17.7 Å². The second kappa shape index (κ2) is 8.23. The summed E-state index contributed by atoms with van der Waals surface area (Å²) >= 11 is 0. The molecule has 32 heavy (non-hydrogen) atoms. The highest BCUT2D eigenvalue weighted by Crippen LogP contribution is 2.33. The van der Waals surface area contributed by atoms with Crippen molar-refractivity contribution < 1.29 is 14.4 Å². The quantitative estimate of drug-likeness (QED) is 0.619. The third-order valence-corrected chi connectivity index (χ3v) is 5.98. The Balaban J connectivity index is 1.46. The van der Waals surface area contributed by atoms with E-state index in [1.165, 1.54) is 4.90 Å². The van der Waals surface area contributed by atoms with Gasteiger partial charge in [-0.3, -0.25) is 24.7 Å². The average Bonchev–Trinajstić information content (AvgIpc) is 3.37. The van der Waals surface area contributed by atoms with Gasteiger partial charge in [-0.2, -0.15) is 5.10 Å². The number of likely N-dealkylation sites (tertiary alicyclic amines) is 1. The lowest BCUT2D eigenvalue weighted by atomic mass is 9.82. The first-order valence-corrected chi connectivity index (χ1v) is 10.5. The van der Waals surface area contributed by atoms with Crippen LogP contribution in [0.15, 0.2) is 96.1 Å². The molecule has 2 aliphatic rings. The Labute approximate surface area is 185 Å².